The minimum Gasteiger partial charge on any atom is -0.326 e. The van der Waals surface area contributed by atoms with Gasteiger partial charge in [0.2, 0.25) is 5.91 Å². The van der Waals surface area contributed by atoms with Crippen LogP contribution < -0.4 is 5.32 Å². The Morgan fingerprint density at radius 3 is 2.25 bits per heavy atom. The second kappa shape index (κ2) is 5.67. The van der Waals surface area contributed by atoms with Crippen LogP contribution >= 0.6 is 0 Å². The summed E-state index contributed by atoms with van der Waals surface area (Å²) in [6, 6.07) is 0.0593. The van der Waals surface area contributed by atoms with Crippen molar-refractivity contribution in [1.29, 1.82) is 0 Å². The van der Waals surface area contributed by atoms with E-state index in [0.29, 0.717) is 11.8 Å². The van der Waals surface area contributed by atoms with Gasteiger partial charge in [0.25, 0.3) is 0 Å². The number of hydrogen-bond acceptors (Lipinski definition) is 2. The first-order valence-corrected chi connectivity index (χ1v) is 8.72. The smallest absolute Gasteiger partial charge is 0.241 e. The van der Waals surface area contributed by atoms with E-state index in [4.69, 9.17) is 0 Å². The van der Waals surface area contributed by atoms with Crippen LogP contribution in [-0.2, 0) is 4.79 Å². The maximum atomic E-state index is 12.8. The number of amides is 1. The Bertz CT molecular complexity index is 350. The average Bonchev–Trinajstić information content (AvgIpc) is 3.35. The third-order valence-electron chi connectivity index (χ3n) is 5.76. The minimum atomic E-state index is 0.0593. The summed E-state index contributed by atoms with van der Waals surface area (Å²) in [5.41, 5.74) is 0. The van der Waals surface area contributed by atoms with Gasteiger partial charge >= 0.3 is 0 Å². The molecule has 0 radical (unpaired) electrons. The Hall–Kier alpha value is -0.570. The first kappa shape index (κ1) is 14.4. The number of rotatable bonds is 7. The van der Waals surface area contributed by atoms with Crippen molar-refractivity contribution in [2.45, 2.75) is 71.5 Å². The molecule has 1 saturated heterocycles. The summed E-state index contributed by atoms with van der Waals surface area (Å²) in [5.74, 6) is 3.47. The number of hydrogen-bond donors (Lipinski definition) is 1. The van der Waals surface area contributed by atoms with Gasteiger partial charge in [0.15, 0.2) is 0 Å². The highest BCUT2D eigenvalue weighted by Gasteiger charge is 2.46. The highest BCUT2D eigenvalue weighted by molar-refractivity contribution is 5.84. The molecule has 3 rings (SSSR count). The maximum absolute atomic E-state index is 12.8. The van der Waals surface area contributed by atoms with Gasteiger partial charge in [-0.1, -0.05) is 27.2 Å². The van der Waals surface area contributed by atoms with Gasteiger partial charge in [-0.05, 0) is 55.8 Å². The maximum Gasteiger partial charge on any atom is 0.241 e. The molecule has 3 atom stereocenters. The van der Waals surface area contributed by atoms with E-state index >= 15 is 0 Å². The lowest BCUT2D eigenvalue weighted by molar-refractivity contribution is -0.131. The molecular weight excluding hydrogens is 248 g/mol. The molecule has 114 valence electrons. The molecule has 1 N–H and O–H groups in total. The van der Waals surface area contributed by atoms with E-state index in [1.807, 2.05) is 0 Å². The second-order valence-electron chi connectivity index (χ2n) is 7.28. The van der Waals surface area contributed by atoms with Crippen LogP contribution in [0.5, 0.6) is 0 Å². The van der Waals surface area contributed by atoms with Crippen molar-refractivity contribution in [2.75, 3.05) is 6.54 Å². The average molecular weight is 278 g/mol. The summed E-state index contributed by atoms with van der Waals surface area (Å²) < 4.78 is 0. The molecule has 2 aliphatic carbocycles. The van der Waals surface area contributed by atoms with E-state index in [9.17, 15) is 4.79 Å². The van der Waals surface area contributed by atoms with E-state index in [-0.39, 0.29) is 12.2 Å². The van der Waals surface area contributed by atoms with Gasteiger partial charge in [0.05, 0.1) is 12.2 Å². The quantitative estimate of drug-likeness (QED) is 0.776. The van der Waals surface area contributed by atoms with Crippen molar-refractivity contribution in [3.63, 3.8) is 0 Å². The minimum absolute atomic E-state index is 0.0593. The summed E-state index contributed by atoms with van der Waals surface area (Å²) in [6.07, 6.45) is 8.00. The molecule has 1 amide bonds. The Kier molecular flexibility index (Phi) is 4.07. The van der Waals surface area contributed by atoms with Crippen LogP contribution in [0.1, 0.15) is 59.3 Å². The highest BCUT2D eigenvalue weighted by atomic mass is 16.2. The van der Waals surface area contributed by atoms with Gasteiger partial charge in [-0.15, -0.1) is 0 Å². The number of carbonyl (C=O) groups is 1. The lowest BCUT2D eigenvalue weighted by atomic mass is 9.96. The van der Waals surface area contributed by atoms with Gasteiger partial charge in [-0.3, -0.25) is 10.1 Å². The molecule has 3 unspecified atom stereocenters. The SMILES string of the molecule is CCC(C)C1NC(CC)N(CC(C2CC2)C2CC2)C1=O. The van der Waals surface area contributed by atoms with Crippen LogP contribution in [0, 0.1) is 23.7 Å². The summed E-state index contributed by atoms with van der Waals surface area (Å²) in [5, 5.41) is 3.59. The van der Waals surface area contributed by atoms with Crippen molar-refractivity contribution < 1.29 is 4.79 Å². The zero-order valence-electron chi connectivity index (χ0n) is 13.3. The number of nitrogens with one attached hydrogen (secondary N) is 1. The van der Waals surface area contributed by atoms with E-state index in [0.717, 1.165) is 37.1 Å². The van der Waals surface area contributed by atoms with Gasteiger partial charge in [0.1, 0.15) is 0 Å². The molecule has 3 fully saturated rings. The van der Waals surface area contributed by atoms with Crippen LogP contribution in [0.25, 0.3) is 0 Å². The topological polar surface area (TPSA) is 32.3 Å². The largest absolute Gasteiger partial charge is 0.326 e. The van der Waals surface area contributed by atoms with E-state index < -0.39 is 0 Å². The fourth-order valence-electron chi connectivity index (χ4n) is 3.86. The van der Waals surface area contributed by atoms with Crippen molar-refractivity contribution in [1.82, 2.24) is 10.2 Å². The fraction of sp³-hybridized carbons (Fsp3) is 0.941. The van der Waals surface area contributed by atoms with Crippen molar-refractivity contribution >= 4 is 5.91 Å². The van der Waals surface area contributed by atoms with Crippen molar-refractivity contribution in [3.05, 3.63) is 0 Å². The third-order valence-corrected chi connectivity index (χ3v) is 5.76. The molecule has 3 nitrogen and oxygen atoms in total. The summed E-state index contributed by atoms with van der Waals surface area (Å²) in [6.45, 7) is 7.60. The lowest BCUT2D eigenvalue weighted by Crippen LogP contribution is -2.41. The molecule has 3 heteroatoms. The fourth-order valence-corrected chi connectivity index (χ4v) is 3.86. The van der Waals surface area contributed by atoms with Crippen LogP contribution in [0.15, 0.2) is 0 Å². The van der Waals surface area contributed by atoms with Crippen LogP contribution in [0.2, 0.25) is 0 Å². The molecule has 1 heterocycles. The third kappa shape index (κ3) is 2.74. The molecule has 3 aliphatic rings. The Morgan fingerprint density at radius 1 is 1.20 bits per heavy atom. The van der Waals surface area contributed by atoms with Gasteiger partial charge in [0, 0.05) is 6.54 Å². The highest BCUT2D eigenvalue weighted by Crippen LogP contribution is 2.49. The predicted octanol–water partition coefficient (Wildman–Crippen LogP) is 3.01. The monoisotopic (exact) mass is 278 g/mol. The number of carbonyl (C=O) groups excluding carboxylic acids is 1. The van der Waals surface area contributed by atoms with Gasteiger partial charge in [-0.25, -0.2) is 0 Å². The van der Waals surface area contributed by atoms with Gasteiger partial charge < -0.3 is 4.90 Å². The standard InChI is InChI=1S/C17H30N2O/c1-4-11(3)16-17(20)19(15(5-2)18-16)10-14(12-6-7-12)13-8-9-13/h11-16,18H,4-10H2,1-3H3. The number of nitrogens with zero attached hydrogens (tertiary/aromatic N) is 1. The first-order chi connectivity index (χ1) is 9.65. The molecule has 0 aromatic carbocycles. The lowest BCUT2D eigenvalue weighted by Gasteiger charge is -2.28. The van der Waals surface area contributed by atoms with Crippen LogP contribution in [0.3, 0.4) is 0 Å². The molecule has 0 bridgehead atoms. The normalized spacial score (nSPS) is 32.2. The zero-order valence-corrected chi connectivity index (χ0v) is 13.3. The molecule has 1 aliphatic heterocycles. The summed E-state index contributed by atoms with van der Waals surface area (Å²) in [7, 11) is 0. The molecular formula is C17H30N2O. The summed E-state index contributed by atoms with van der Waals surface area (Å²) in [4.78, 5) is 15.0. The van der Waals surface area contributed by atoms with E-state index in [1.165, 1.54) is 25.7 Å². The Labute approximate surface area is 123 Å². The Morgan fingerprint density at radius 2 is 1.80 bits per heavy atom. The van der Waals surface area contributed by atoms with Gasteiger partial charge in [-0.2, -0.15) is 0 Å². The Balaban J connectivity index is 1.68. The van der Waals surface area contributed by atoms with Crippen molar-refractivity contribution in [3.8, 4) is 0 Å². The molecule has 0 spiro atoms. The zero-order chi connectivity index (χ0) is 14.3. The molecule has 0 aromatic rings. The molecule has 20 heavy (non-hydrogen) atoms. The first-order valence-electron chi connectivity index (χ1n) is 8.72. The molecule has 0 aromatic heterocycles. The predicted molar refractivity (Wildman–Crippen MR) is 81.1 cm³/mol. The second-order valence-corrected chi connectivity index (χ2v) is 7.28. The van der Waals surface area contributed by atoms with E-state index in [2.05, 4.69) is 31.0 Å². The van der Waals surface area contributed by atoms with Crippen molar-refractivity contribution in [2.24, 2.45) is 23.7 Å². The van der Waals surface area contributed by atoms with Crippen LogP contribution in [-0.4, -0.2) is 29.6 Å². The van der Waals surface area contributed by atoms with Crippen LogP contribution in [0.4, 0.5) is 0 Å². The van der Waals surface area contributed by atoms with E-state index in [1.54, 1.807) is 0 Å². The summed E-state index contributed by atoms with van der Waals surface area (Å²) >= 11 is 0. The molecule has 2 saturated carbocycles.